The summed E-state index contributed by atoms with van der Waals surface area (Å²) in [5.74, 6) is -7.12. The van der Waals surface area contributed by atoms with Gasteiger partial charge in [0, 0.05) is 27.7 Å². The van der Waals surface area contributed by atoms with Crippen molar-refractivity contribution in [1.29, 1.82) is 0 Å². The molecule has 4 rings (SSSR count). The van der Waals surface area contributed by atoms with E-state index in [1.165, 1.54) is 0 Å². The summed E-state index contributed by atoms with van der Waals surface area (Å²) in [5, 5.41) is 126. The van der Waals surface area contributed by atoms with E-state index in [0.717, 1.165) is 27.7 Å². The van der Waals surface area contributed by atoms with Crippen LogP contribution >= 0.6 is 15.6 Å². The van der Waals surface area contributed by atoms with Crippen LogP contribution in [-0.2, 0) is 93.9 Å². The van der Waals surface area contributed by atoms with Crippen molar-refractivity contribution in [1.82, 2.24) is 21.3 Å². The highest BCUT2D eigenvalue weighted by molar-refractivity contribution is 7.47. The van der Waals surface area contributed by atoms with Crippen molar-refractivity contribution in [3.63, 3.8) is 0 Å². The summed E-state index contributed by atoms with van der Waals surface area (Å²) in [7, 11) is -10.5. The smallest absolute Gasteiger partial charge is 0.472 e. The number of carbonyl (C=O) groups is 6. The molecule has 24 atom stereocenters. The lowest BCUT2D eigenvalue weighted by Crippen LogP contribution is -2.70. The molecule has 4 fully saturated rings. The highest BCUT2D eigenvalue weighted by Crippen LogP contribution is 2.46. The quantitative estimate of drug-likeness (QED) is 0.0220. The monoisotopic (exact) mass is 1250 g/mol. The lowest BCUT2D eigenvalue weighted by Gasteiger charge is -2.48. The first-order chi connectivity index (χ1) is 38.9. The summed E-state index contributed by atoms with van der Waals surface area (Å²) in [5.41, 5.74) is 5.46. The van der Waals surface area contributed by atoms with Crippen molar-refractivity contribution >= 4 is 51.2 Å². The van der Waals surface area contributed by atoms with E-state index in [0.29, 0.717) is 19.4 Å². The SMILES string of the molecule is CC(=O)N[C@H]1[C@@H](O[C@H]2[C@H](O)[C@@H](COP(=O)(O)OC[C@H]3O[C@H](O[C@H]4[C@H](O)[C@@H](COP(=O)(O)OCCCCCN)O[C@H](O[C@H](CO)C(=O)O)[C@@H]4NC(C)=O)[C@H](NC(C)=O)[C@@H](O)[C@@H]3O)O[C@H](O[C@H](CO)C(=O)O)[C@@H]2NC(C)=O)O[C@H](CO)[C@@H](O)[C@@H]1O. The number of carbonyl (C=O) groups excluding carboxylic acids is 4. The van der Waals surface area contributed by atoms with E-state index in [1.54, 1.807) is 0 Å². The second-order valence-corrected chi connectivity index (χ2v) is 22.1. The Kier molecular flexibility index (Phi) is 28.4. The number of hydrogen-bond donors (Lipinski definition) is 18. The molecular formula is C43H75N5O33P2. The molecular weight excluding hydrogens is 1180 g/mol. The maximum Gasteiger partial charge on any atom is 0.472 e. The van der Waals surface area contributed by atoms with E-state index >= 15 is 0 Å². The minimum Gasteiger partial charge on any atom is -0.479 e. The molecule has 40 heteroatoms. The number of ether oxygens (including phenoxy) is 8. The Balaban J connectivity index is 1.64. The van der Waals surface area contributed by atoms with Gasteiger partial charge in [-0.25, -0.2) is 18.7 Å². The highest BCUT2D eigenvalue weighted by Gasteiger charge is 2.56. The number of aliphatic hydroxyl groups excluding tert-OH is 9. The molecule has 4 amide bonds. The van der Waals surface area contributed by atoms with Gasteiger partial charge in [0.1, 0.15) is 97.4 Å². The predicted molar refractivity (Wildman–Crippen MR) is 263 cm³/mol. The fraction of sp³-hybridized carbons (Fsp3) is 0.860. The summed E-state index contributed by atoms with van der Waals surface area (Å²) in [6.07, 6.45) is -35.3. The van der Waals surface area contributed by atoms with E-state index in [2.05, 4.69) is 21.3 Å². The van der Waals surface area contributed by atoms with Crippen LogP contribution in [-0.4, -0.2) is 289 Å². The average Bonchev–Trinajstić information content (AvgIpc) is 3.42. The fourth-order valence-corrected chi connectivity index (χ4v) is 10.3. The minimum atomic E-state index is -5.60. The van der Waals surface area contributed by atoms with Gasteiger partial charge in [0.25, 0.3) is 0 Å². The summed E-state index contributed by atoms with van der Waals surface area (Å²) in [6.45, 7) is -3.13. The van der Waals surface area contributed by atoms with Crippen LogP contribution in [0.1, 0.15) is 47.0 Å². The van der Waals surface area contributed by atoms with Gasteiger partial charge in [-0.2, -0.15) is 0 Å². The number of phosphoric acid groups is 2. The number of aliphatic carboxylic acids is 2. The molecule has 19 N–H and O–H groups in total. The molecule has 4 heterocycles. The van der Waals surface area contributed by atoms with Crippen LogP contribution in [0.5, 0.6) is 0 Å². The lowest BCUT2D eigenvalue weighted by molar-refractivity contribution is -0.332. The van der Waals surface area contributed by atoms with Crippen LogP contribution in [0.15, 0.2) is 0 Å². The molecule has 4 aliphatic rings. The molecule has 0 saturated carbocycles. The van der Waals surface area contributed by atoms with Crippen molar-refractivity contribution < 1.29 is 160 Å². The van der Waals surface area contributed by atoms with Gasteiger partial charge in [0.15, 0.2) is 37.4 Å². The molecule has 38 nitrogen and oxygen atoms in total. The largest absolute Gasteiger partial charge is 0.479 e. The molecule has 0 radical (unpaired) electrons. The third kappa shape index (κ3) is 20.7. The Hall–Kier alpha value is -3.68. The van der Waals surface area contributed by atoms with Crippen LogP contribution < -0.4 is 27.0 Å². The second-order valence-electron chi connectivity index (χ2n) is 19.2. The van der Waals surface area contributed by atoms with Gasteiger partial charge in [0.05, 0.1) is 46.2 Å². The van der Waals surface area contributed by atoms with Gasteiger partial charge < -0.3 is 131 Å². The Morgan fingerprint density at radius 1 is 0.482 bits per heavy atom. The molecule has 83 heavy (non-hydrogen) atoms. The number of unbranched alkanes of at least 4 members (excludes halogenated alkanes) is 2. The predicted octanol–water partition coefficient (Wildman–Crippen LogP) is -8.85. The van der Waals surface area contributed by atoms with Crippen molar-refractivity contribution in [2.45, 2.75) is 182 Å². The summed E-state index contributed by atoms with van der Waals surface area (Å²) in [6, 6.07) is -7.25. The van der Waals surface area contributed by atoms with Gasteiger partial charge in [0.2, 0.25) is 23.6 Å². The van der Waals surface area contributed by atoms with Crippen LogP contribution in [0.3, 0.4) is 0 Å². The molecule has 0 aromatic heterocycles. The topological polar surface area (TPSA) is 584 Å². The molecule has 4 aliphatic heterocycles. The maximum absolute atomic E-state index is 13.6. The zero-order chi connectivity index (χ0) is 62.3. The highest BCUT2D eigenvalue weighted by atomic mass is 31.2. The summed E-state index contributed by atoms with van der Waals surface area (Å²) >= 11 is 0. The molecule has 0 aromatic carbocycles. The molecule has 0 aliphatic carbocycles. The number of rotatable bonds is 32. The van der Waals surface area contributed by atoms with Crippen molar-refractivity contribution in [3.05, 3.63) is 0 Å². The molecule has 4 saturated heterocycles. The Morgan fingerprint density at radius 3 is 1.17 bits per heavy atom. The second kappa shape index (κ2) is 32.9. The zero-order valence-electron chi connectivity index (χ0n) is 44.9. The minimum absolute atomic E-state index is 0.275. The first-order valence-electron chi connectivity index (χ1n) is 25.5. The fourth-order valence-electron chi connectivity index (χ4n) is 8.77. The number of hydrogen-bond acceptors (Lipinski definition) is 30. The third-order valence-corrected chi connectivity index (χ3v) is 14.7. The van der Waals surface area contributed by atoms with Gasteiger partial charge in [-0.3, -0.25) is 37.3 Å². The average molecular weight is 1250 g/mol. The summed E-state index contributed by atoms with van der Waals surface area (Å²) in [4.78, 5) is 95.2. The molecule has 0 spiro atoms. The first kappa shape index (κ1) is 71.8. The zero-order valence-corrected chi connectivity index (χ0v) is 46.7. The summed E-state index contributed by atoms with van der Waals surface area (Å²) < 4.78 is 92.4. The van der Waals surface area contributed by atoms with Gasteiger partial charge in [-0.1, -0.05) is 0 Å². The van der Waals surface area contributed by atoms with Crippen molar-refractivity contribution in [3.8, 4) is 0 Å². The van der Waals surface area contributed by atoms with Crippen molar-refractivity contribution in [2.24, 2.45) is 5.73 Å². The molecule has 2 unspecified atom stereocenters. The number of phosphoric ester groups is 2. The van der Waals surface area contributed by atoms with Crippen LogP contribution in [0.25, 0.3) is 0 Å². The first-order valence-corrected chi connectivity index (χ1v) is 28.5. The Labute approximate surface area is 471 Å². The number of nitrogens with two attached hydrogens (primary N) is 1. The normalized spacial score (nSPS) is 36.0. The van der Waals surface area contributed by atoms with Crippen molar-refractivity contribution in [2.75, 3.05) is 52.8 Å². The number of amides is 4. The number of carboxylic acid groups (broad SMARTS) is 2. The van der Waals surface area contributed by atoms with Crippen LogP contribution in [0.4, 0.5) is 0 Å². The van der Waals surface area contributed by atoms with E-state index < -0.39 is 226 Å². The Morgan fingerprint density at radius 2 is 0.819 bits per heavy atom. The van der Waals surface area contributed by atoms with Crippen LogP contribution in [0, 0.1) is 0 Å². The van der Waals surface area contributed by atoms with E-state index in [1.807, 2.05) is 0 Å². The number of aliphatic hydroxyl groups is 9. The number of carboxylic acids is 2. The number of nitrogens with one attached hydrogen (secondary N) is 4. The van der Waals surface area contributed by atoms with E-state index in [4.69, 9.17) is 61.7 Å². The van der Waals surface area contributed by atoms with Gasteiger partial charge in [-0.15, -0.1) is 0 Å². The molecule has 0 bridgehead atoms. The van der Waals surface area contributed by atoms with Gasteiger partial charge in [-0.05, 0) is 25.8 Å². The maximum atomic E-state index is 13.6. The third-order valence-electron chi connectivity index (χ3n) is 12.8. The standard InChI is InChI=1S/C43H75N5O33P2/c1-16(52)45-26-34(60)30(56)20(10-49)74-40(26)80-36-28(47-18(3)54)42(75-21(11-50)38(62)63)79-25(33(36)59)15-73-83(68,69)72-13-23-31(57)35(61)27(46-17(2)53)41(77-23)81-37-29(48-19(4)55)43(76-22(12-51)39(64)65)78-24(32(37)58)14-71-82(66,67)70-9-7-5-6-8-44/h20-37,40-43,49-51,56-61H,5-15,44H2,1-4H3,(H,45,52)(H,46,53)(H,47,54)(H,48,55)(H,62,63)(H,64,65)(H,66,67)(H,68,69)/t20-,21-,22-,23-,24-,25-,26-,27-,28-,29-,30-,31-,32-,33-,34-,35-,36-,37-,40-,41-,42+,43+/m1/s1. The van der Waals surface area contributed by atoms with E-state index in [9.17, 15) is 104 Å². The molecule has 0 aromatic rings. The van der Waals surface area contributed by atoms with Crippen LogP contribution in [0.2, 0.25) is 0 Å². The van der Waals surface area contributed by atoms with E-state index in [-0.39, 0.29) is 13.0 Å². The van der Waals surface area contributed by atoms with Gasteiger partial charge >= 0.3 is 27.6 Å². The molecule has 480 valence electrons. The lowest BCUT2D eigenvalue weighted by atomic mass is 9.94. The Bertz CT molecular complexity index is 2230.